The second-order valence-corrected chi connectivity index (χ2v) is 4.46. The summed E-state index contributed by atoms with van der Waals surface area (Å²) < 4.78 is 5.64. The Hall–Kier alpha value is -2.33. The highest BCUT2D eigenvalue weighted by Crippen LogP contribution is 2.30. The quantitative estimate of drug-likeness (QED) is 0.770. The van der Waals surface area contributed by atoms with E-state index in [0.29, 0.717) is 21.9 Å². The molecule has 0 saturated heterocycles. The van der Waals surface area contributed by atoms with Gasteiger partial charge in [-0.15, -0.1) is 0 Å². The van der Waals surface area contributed by atoms with Gasteiger partial charge in [0.2, 0.25) is 0 Å². The maximum absolute atomic E-state index is 11.2. The molecule has 3 aromatic rings. The molecule has 0 aliphatic heterocycles. The largest absolute Gasteiger partial charge is 0.478 e. The first-order chi connectivity index (χ1) is 9.15. The molecule has 19 heavy (non-hydrogen) atoms. The average molecular weight is 274 g/mol. The van der Waals surface area contributed by atoms with Gasteiger partial charge >= 0.3 is 5.97 Å². The molecular formula is C14H8ClNO3. The van der Waals surface area contributed by atoms with Gasteiger partial charge in [0.1, 0.15) is 11.3 Å². The van der Waals surface area contributed by atoms with Crippen LogP contribution in [0.4, 0.5) is 0 Å². The third-order valence-electron chi connectivity index (χ3n) is 2.80. The van der Waals surface area contributed by atoms with E-state index in [0.717, 1.165) is 5.39 Å². The second kappa shape index (κ2) is 4.40. The molecule has 0 amide bonds. The summed E-state index contributed by atoms with van der Waals surface area (Å²) in [5.41, 5.74) is 1.25. The van der Waals surface area contributed by atoms with Gasteiger partial charge in [-0.2, -0.15) is 0 Å². The molecule has 0 spiro atoms. The van der Waals surface area contributed by atoms with Crippen molar-refractivity contribution in [2.45, 2.75) is 0 Å². The van der Waals surface area contributed by atoms with Crippen molar-refractivity contribution in [3.8, 4) is 11.3 Å². The normalized spacial score (nSPS) is 10.8. The molecule has 0 saturated carbocycles. The predicted octanol–water partition coefficient (Wildman–Crippen LogP) is 3.85. The molecule has 0 fully saturated rings. The summed E-state index contributed by atoms with van der Waals surface area (Å²) in [6, 6.07) is 8.43. The van der Waals surface area contributed by atoms with Crippen molar-refractivity contribution in [3.05, 3.63) is 53.3 Å². The highest BCUT2D eigenvalue weighted by molar-refractivity contribution is 6.31. The van der Waals surface area contributed by atoms with Gasteiger partial charge in [0.15, 0.2) is 0 Å². The van der Waals surface area contributed by atoms with Gasteiger partial charge in [0.25, 0.3) is 0 Å². The first-order valence-corrected chi connectivity index (χ1v) is 5.90. The van der Waals surface area contributed by atoms with Crippen molar-refractivity contribution in [1.82, 2.24) is 4.98 Å². The summed E-state index contributed by atoms with van der Waals surface area (Å²) in [7, 11) is 0. The van der Waals surface area contributed by atoms with Crippen molar-refractivity contribution in [3.63, 3.8) is 0 Å². The summed E-state index contributed by atoms with van der Waals surface area (Å²) in [6.07, 6.45) is 2.91. The van der Waals surface area contributed by atoms with Gasteiger partial charge < -0.3 is 9.52 Å². The predicted molar refractivity (Wildman–Crippen MR) is 71.4 cm³/mol. The third kappa shape index (κ3) is 2.06. The van der Waals surface area contributed by atoms with E-state index in [1.807, 2.05) is 0 Å². The Morgan fingerprint density at radius 1 is 1.26 bits per heavy atom. The zero-order chi connectivity index (χ0) is 13.4. The summed E-state index contributed by atoms with van der Waals surface area (Å²) >= 11 is 5.91. The number of pyridine rings is 1. The Morgan fingerprint density at radius 2 is 2.11 bits per heavy atom. The lowest BCUT2D eigenvalue weighted by Crippen LogP contribution is -1.99. The number of halogens is 1. The lowest BCUT2D eigenvalue weighted by molar-refractivity contribution is 0.0697. The molecule has 1 N–H and O–H groups in total. The lowest BCUT2D eigenvalue weighted by atomic mass is 10.1. The molecular weight excluding hydrogens is 266 g/mol. The minimum Gasteiger partial charge on any atom is -0.478 e. The SMILES string of the molecule is O=C(O)c1ccncc1-c1cc2cc(Cl)ccc2o1. The van der Waals surface area contributed by atoms with E-state index in [9.17, 15) is 4.79 Å². The monoisotopic (exact) mass is 273 g/mol. The minimum absolute atomic E-state index is 0.153. The maximum atomic E-state index is 11.2. The number of aromatic nitrogens is 1. The molecule has 3 rings (SSSR count). The molecule has 2 aromatic heterocycles. The second-order valence-electron chi connectivity index (χ2n) is 4.02. The van der Waals surface area contributed by atoms with Crippen molar-refractivity contribution < 1.29 is 14.3 Å². The molecule has 0 atom stereocenters. The van der Waals surface area contributed by atoms with Crippen LogP contribution in [-0.2, 0) is 0 Å². The van der Waals surface area contributed by atoms with E-state index in [1.165, 1.54) is 18.5 Å². The molecule has 0 radical (unpaired) electrons. The van der Waals surface area contributed by atoms with Gasteiger partial charge in [-0.3, -0.25) is 4.98 Å². The van der Waals surface area contributed by atoms with Crippen LogP contribution >= 0.6 is 11.6 Å². The highest BCUT2D eigenvalue weighted by atomic mass is 35.5. The average Bonchev–Trinajstić information content (AvgIpc) is 2.81. The summed E-state index contributed by atoms with van der Waals surface area (Å²) in [5.74, 6) is -0.557. The number of nitrogens with zero attached hydrogens (tertiary/aromatic N) is 1. The molecule has 0 aliphatic carbocycles. The number of carboxylic acid groups (broad SMARTS) is 1. The van der Waals surface area contributed by atoms with E-state index >= 15 is 0 Å². The van der Waals surface area contributed by atoms with Gasteiger partial charge in [0.05, 0.1) is 11.1 Å². The summed E-state index contributed by atoms with van der Waals surface area (Å²) in [5, 5.41) is 10.6. The summed E-state index contributed by atoms with van der Waals surface area (Å²) in [6.45, 7) is 0. The Morgan fingerprint density at radius 3 is 2.89 bits per heavy atom. The fraction of sp³-hybridized carbons (Fsp3) is 0. The highest BCUT2D eigenvalue weighted by Gasteiger charge is 2.15. The number of carbonyl (C=O) groups is 1. The number of hydrogen-bond donors (Lipinski definition) is 1. The van der Waals surface area contributed by atoms with Gasteiger partial charge in [-0.1, -0.05) is 11.6 Å². The van der Waals surface area contributed by atoms with Crippen LogP contribution in [0.3, 0.4) is 0 Å². The van der Waals surface area contributed by atoms with Crippen LogP contribution in [0.25, 0.3) is 22.3 Å². The van der Waals surface area contributed by atoms with E-state index in [4.69, 9.17) is 21.1 Å². The smallest absolute Gasteiger partial charge is 0.336 e. The number of rotatable bonds is 2. The van der Waals surface area contributed by atoms with Crippen molar-refractivity contribution in [2.24, 2.45) is 0 Å². The number of aromatic carboxylic acids is 1. The molecule has 0 aliphatic rings. The number of hydrogen-bond acceptors (Lipinski definition) is 3. The molecule has 0 unspecified atom stereocenters. The molecule has 5 heteroatoms. The molecule has 1 aromatic carbocycles. The Bertz CT molecular complexity index is 779. The fourth-order valence-corrected chi connectivity index (χ4v) is 2.10. The minimum atomic E-state index is -1.02. The molecule has 0 bridgehead atoms. The third-order valence-corrected chi connectivity index (χ3v) is 3.03. The molecule has 4 nitrogen and oxygen atoms in total. The van der Waals surface area contributed by atoms with Crippen LogP contribution < -0.4 is 0 Å². The summed E-state index contributed by atoms with van der Waals surface area (Å²) in [4.78, 5) is 15.1. The molecule has 2 heterocycles. The fourth-order valence-electron chi connectivity index (χ4n) is 1.92. The van der Waals surface area contributed by atoms with Crippen molar-refractivity contribution in [2.75, 3.05) is 0 Å². The number of carboxylic acids is 1. The number of furan rings is 1. The Labute approximate surface area is 113 Å². The van der Waals surface area contributed by atoms with Crippen LogP contribution in [0.15, 0.2) is 47.1 Å². The van der Waals surface area contributed by atoms with Crippen LogP contribution in [-0.4, -0.2) is 16.1 Å². The standard InChI is InChI=1S/C14H8ClNO3/c15-9-1-2-12-8(5-9)6-13(19-12)11-7-16-4-3-10(11)14(17)18/h1-7H,(H,17,18). The Balaban J connectivity index is 2.22. The van der Waals surface area contributed by atoms with E-state index < -0.39 is 5.97 Å². The van der Waals surface area contributed by atoms with E-state index in [1.54, 1.807) is 24.3 Å². The topological polar surface area (TPSA) is 63.3 Å². The van der Waals surface area contributed by atoms with Gasteiger partial charge in [-0.25, -0.2) is 4.79 Å². The zero-order valence-electron chi connectivity index (χ0n) is 9.63. The van der Waals surface area contributed by atoms with Gasteiger partial charge in [0, 0.05) is 22.8 Å². The van der Waals surface area contributed by atoms with E-state index in [-0.39, 0.29) is 5.56 Å². The number of benzene rings is 1. The lowest BCUT2D eigenvalue weighted by Gasteiger charge is -2.00. The zero-order valence-corrected chi connectivity index (χ0v) is 10.4. The van der Waals surface area contributed by atoms with Crippen molar-refractivity contribution in [1.29, 1.82) is 0 Å². The van der Waals surface area contributed by atoms with Crippen molar-refractivity contribution >= 4 is 28.5 Å². The maximum Gasteiger partial charge on any atom is 0.336 e. The first-order valence-electron chi connectivity index (χ1n) is 5.52. The van der Waals surface area contributed by atoms with Crippen LogP contribution in [0.1, 0.15) is 10.4 Å². The van der Waals surface area contributed by atoms with Crippen LogP contribution in [0.5, 0.6) is 0 Å². The van der Waals surface area contributed by atoms with Crippen LogP contribution in [0, 0.1) is 0 Å². The number of fused-ring (bicyclic) bond motifs is 1. The molecule has 94 valence electrons. The Kier molecular flexibility index (Phi) is 2.72. The van der Waals surface area contributed by atoms with Gasteiger partial charge in [-0.05, 0) is 30.3 Å². The first kappa shape index (κ1) is 11.7. The van der Waals surface area contributed by atoms with Crippen LogP contribution in [0.2, 0.25) is 5.02 Å². The van der Waals surface area contributed by atoms with E-state index in [2.05, 4.69) is 4.98 Å².